The van der Waals surface area contributed by atoms with E-state index in [2.05, 4.69) is 4.98 Å². The van der Waals surface area contributed by atoms with Crippen LogP contribution in [-0.2, 0) is 20.9 Å². The van der Waals surface area contributed by atoms with Gasteiger partial charge in [-0.15, -0.1) is 0 Å². The van der Waals surface area contributed by atoms with Crippen LogP contribution in [0.1, 0.15) is 27.2 Å². The number of benzene rings is 2. The molecule has 0 saturated carbocycles. The molecule has 0 aliphatic heterocycles. The van der Waals surface area contributed by atoms with Crippen LogP contribution in [0.3, 0.4) is 0 Å². The highest BCUT2D eigenvalue weighted by molar-refractivity contribution is 7.92. The Bertz CT molecular complexity index is 1500. The van der Waals surface area contributed by atoms with Gasteiger partial charge in [-0.25, -0.2) is 17.7 Å². The predicted octanol–water partition coefficient (Wildman–Crippen LogP) is 5.65. The summed E-state index contributed by atoms with van der Waals surface area (Å²) in [5.41, 5.74) is -3.31. The second-order valence-corrected chi connectivity index (χ2v) is 10.2. The van der Waals surface area contributed by atoms with Gasteiger partial charge in [-0.2, -0.15) is 13.2 Å². The van der Waals surface area contributed by atoms with E-state index in [4.69, 9.17) is 27.9 Å². The van der Waals surface area contributed by atoms with Gasteiger partial charge in [-0.3, -0.25) is 14.9 Å². The number of anilines is 1. The number of alkyl halides is 3. The van der Waals surface area contributed by atoms with E-state index in [-0.39, 0.29) is 16.1 Å². The summed E-state index contributed by atoms with van der Waals surface area (Å²) in [4.78, 5) is 26.9. The highest BCUT2D eigenvalue weighted by Crippen LogP contribution is 2.36. The highest BCUT2D eigenvalue weighted by atomic mass is 35.5. The van der Waals surface area contributed by atoms with Gasteiger partial charge >= 0.3 is 6.18 Å². The Labute approximate surface area is 218 Å². The van der Waals surface area contributed by atoms with Gasteiger partial charge in [0.25, 0.3) is 15.7 Å². The summed E-state index contributed by atoms with van der Waals surface area (Å²) in [5.74, 6) is -1.00. The highest BCUT2D eigenvalue weighted by Gasteiger charge is 2.36. The van der Waals surface area contributed by atoms with E-state index >= 15 is 0 Å². The number of pyridine rings is 1. The molecule has 196 valence electrons. The maximum absolute atomic E-state index is 13.5. The third-order valence-electron chi connectivity index (χ3n) is 5.09. The summed E-state index contributed by atoms with van der Waals surface area (Å²) >= 11 is 12.1. The second kappa shape index (κ2) is 10.6. The number of nitrogens with zero attached hydrogens (tertiary/aromatic N) is 3. The molecule has 0 bridgehead atoms. The number of sulfonamides is 1. The van der Waals surface area contributed by atoms with Gasteiger partial charge < -0.3 is 4.74 Å². The van der Waals surface area contributed by atoms with E-state index in [1.807, 2.05) is 0 Å². The summed E-state index contributed by atoms with van der Waals surface area (Å²) < 4.78 is 72.9. The molecule has 1 aromatic heterocycles. The minimum absolute atomic E-state index is 0.118. The van der Waals surface area contributed by atoms with E-state index in [1.165, 1.54) is 19.1 Å². The fourth-order valence-electron chi connectivity index (χ4n) is 3.34. The monoisotopic (exact) mass is 577 g/mol. The Hall–Kier alpha value is -3.26. The maximum atomic E-state index is 13.5. The number of carbonyl (C=O) groups is 1. The zero-order valence-electron chi connectivity index (χ0n) is 18.9. The normalized spacial score (nSPS) is 11.9. The largest absolute Gasteiger partial charge is 0.416 e. The standard InChI is InChI=1S/C22H16Cl2F3N3O6S/c1-12-6-7-14(9-16(12)22(25,26)27)37(34,35)29(11-36-2)18-8-13(23)10-28-20(18)21(31)15-4-3-5-17(19(15)24)30(32)33/h3-10H,11H2,1-2H3. The molecule has 0 saturated heterocycles. The molecular weight excluding hydrogens is 562 g/mol. The molecule has 9 nitrogen and oxygen atoms in total. The molecule has 2 aromatic carbocycles. The van der Waals surface area contributed by atoms with Gasteiger partial charge in [0.1, 0.15) is 17.4 Å². The number of methoxy groups -OCH3 is 1. The van der Waals surface area contributed by atoms with Crippen LogP contribution in [-0.4, -0.2) is 37.9 Å². The van der Waals surface area contributed by atoms with E-state index in [0.29, 0.717) is 10.4 Å². The van der Waals surface area contributed by atoms with Crippen molar-refractivity contribution in [3.8, 4) is 0 Å². The Kier molecular flexibility index (Phi) is 8.12. The molecule has 0 amide bonds. The van der Waals surface area contributed by atoms with Crippen molar-refractivity contribution < 1.29 is 36.0 Å². The number of nitro benzene ring substituents is 1. The lowest BCUT2D eigenvalue weighted by Crippen LogP contribution is -2.34. The second-order valence-electron chi connectivity index (χ2n) is 7.49. The molecule has 0 unspecified atom stereocenters. The average molecular weight is 578 g/mol. The Morgan fingerprint density at radius 3 is 2.46 bits per heavy atom. The Morgan fingerprint density at radius 2 is 1.86 bits per heavy atom. The van der Waals surface area contributed by atoms with Crippen LogP contribution in [0.15, 0.2) is 53.6 Å². The zero-order valence-corrected chi connectivity index (χ0v) is 21.2. The van der Waals surface area contributed by atoms with Crippen molar-refractivity contribution in [2.24, 2.45) is 0 Å². The third-order valence-corrected chi connectivity index (χ3v) is 7.42. The van der Waals surface area contributed by atoms with E-state index < -0.39 is 66.2 Å². The van der Waals surface area contributed by atoms with Gasteiger partial charge in [-0.1, -0.05) is 35.3 Å². The number of nitro groups is 1. The molecule has 37 heavy (non-hydrogen) atoms. The molecule has 1 heterocycles. The number of ketones is 1. The number of aryl methyl sites for hydroxylation is 1. The minimum Gasteiger partial charge on any atom is -0.363 e. The molecule has 0 fully saturated rings. The number of hydrogen-bond donors (Lipinski definition) is 0. The third kappa shape index (κ3) is 5.69. The first-order valence-corrected chi connectivity index (χ1v) is 12.2. The van der Waals surface area contributed by atoms with Crippen LogP contribution in [0.4, 0.5) is 24.5 Å². The fourth-order valence-corrected chi connectivity index (χ4v) is 5.17. The average Bonchev–Trinajstić information content (AvgIpc) is 2.81. The zero-order chi connectivity index (χ0) is 27.7. The summed E-state index contributed by atoms with van der Waals surface area (Å²) in [6, 6.07) is 6.90. The van der Waals surface area contributed by atoms with Crippen molar-refractivity contribution in [1.29, 1.82) is 0 Å². The Morgan fingerprint density at radius 1 is 1.19 bits per heavy atom. The molecule has 3 aromatic rings. The Balaban J connectivity index is 2.23. The fraction of sp³-hybridized carbons (Fsp3) is 0.182. The molecule has 0 N–H and O–H groups in total. The van der Waals surface area contributed by atoms with Gasteiger partial charge in [0.2, 0.25) is 5.78 Å². The first-order valence-electron chi connectivity index (χ1n) is 10.0. The summed E-state index contributed by atoms with van der Waals surface area (Å²) in [5, 5.41) is 10.6. The van der Waals surface area contributed by atoms with Crippen molar-refractivity contribution in [3.05, 3.63) is 91.2 Å². The van der Waals surface area contributed by atoms with Crippen LogP contribution >= 0.6 is 23.2 Å². The number of carbonyl (C=O) groups excluding carboxylic acids is 1. The molecular formula is C22H16Cl2F3N3O6S. The smallest absolute Gasteiger partial charge is 0.363 e. The van der Waals surface area contributed by atoms with Crippen LogP contribution < -0.4 is 4.31 Å². The first-order chi connectivity index (χ1) is 17.2. The van der Waals surface area contributed by atoms with E-state index in [0.717, 1.165) is 37.6 Å². The summed E-state index contributed by atoms with van der Waals surface area (Å²) in [7, 11) is -3.67. The predicted molar refractivity (Wildman–Crippen MR) is 129 cm³/mol. The van der Waals surface area contributed by atoms with Crippen molar-refractivity contribution >= 4 is 50.4 Å². The van der Waals surface area contributed by atoms with Crippen molar-refractivity contribution in [2.45, 2.75) is 18.0 Å². The lowest BCUT2D eigenvalue weighted by atomic mass is 10.1. The van der Waals surface area contributed by atoms with Crippen LogP contribution in [0.5, 0.6) is 0 Å². The summed E-state index contributed by atoms with van der Waals surface area (Å²) in [6.07, 6.45) is -3.81. The van der Waals surface area contributed by atoms with Crippen LogP contribution in [0.25, 0.3) is 0 Å². The van der Waals surface area contributed by atoms with E-state index in [1.54, 1.807) is 0 Å². The molecule has 0 atom stereocenters. The quantitative estimate of drug-likeness (QED) is 0.147. The van der Waals surface area contributed by atoms with Gasteiger partial charge in [0.05, 0.1) is 26.1 Å². The van der Waals surface area contributed by atoms with Crippen molar-refractivity contribution in [1.82, 2.24) is 4.98 Å². The molecule has 0 spiro atoms. The van der Waals surface area contributed by atoms with Gasteiger partial charge in [0, 0.05) is 24.9 Å². The first kappa shape index (κ1) is 28.3. The number of halogens is 5. The summed E-state index contributed by atoms with van der Waals surface area (Å²) in [6.45, 7) is 0.426. The van der Waals surface area contributed by atoms with E-state index in [9.17, 15) is 36.5 Å². The lowest BCUT2D eigenvalue weighted by Gasteiger charge is -2.25. The number of rotatable bonds is 8. The van der Waals surface area contributed by atoms with Crippen molar-refractivity contribution in [3.63, 3.8) is 0 Å². The number of ether oxygens (including phenoxy) is 1. The topological polar surface area (TPSA) is 120 Å². The molecule has 15 heteroatoms. The number of hydrogen-bond acceptors (Lipinski definition) is 7. The SMILES string of the molecule is COCN(c1cc(Cl)cnc1C(=O)c1cccc([N+](=O)[O-])c1Cl)S(=O)(=O)c1ccc(C)c(C(F)(F)F)c1. The molecule has 0 aliphatic rings. The number of aromatic nitrogens is 1. The molecule has 0 radical (unpaired) electrons. The van der Waals surface area contributed by atoms with Crippen LogP contribution in [0, 0.1) is 17.0 Å². The minimum atomic E-state index is -4.83. The molecule has 0 aliphatic carbocycles. The van der Waals surface area contributed by atoms with Crippen molar-refractivity contribution in [2.75, 3.05) is 18.1 Å². The van der Waals surface area contributed by atoms with Crippen LogP contribution in [0.2, 0.25) is 10.0 Å². The van der Waals surface area contributed by atoms with Gasteiger partial charge in [0.15, 0.2) is 0 Å². The lowest BCUT2D eigenvalue weighted by molar-refractivity contribution is -0.384. The molecule has 3 rings (SSSR count). The maximum Gasteiger partial charge on any atom is 0.416 e. The van der Waals surface area contributed by atoms with Gasteiger partial charge in [-0.05, 0) is 36.8 Å².